The smallest absolute Gasteiger partial charge is 0.321 e. The number of hydrogen-bond donors (Lipinski definition) is 2. The van der Waals surface area contributed by atoms with E-state index >= 15 is 0 Å². The van der Waals surface area contributed by atoms with E-state index in [1.54, 1.807) is 18.2 Å². The molecule has 5 rings (SSSR count). The molecule has 0 radical (unpaired) electrons. The predicted molar refractivity (Wildman–Crippen MR) is 118 cm³/mol. The SMILES string of the molecule is O=P(O)(O)c1cccc(-c2cccc(-n3c4ccccc4c4cc(F)ccc43)c2)c1. The molecular formula is C24H17FNO3P. The molecule has 0 bridgehead atoms. The van der Waals surface area contributed by atoms with Crippen molar-refractivity contribution in [1.82, 2.24) is 4.57 Å². The summed E-state index contributed by atoms with van der Waals surface area (Å²) in [5.41, 5.74) is 4.27. The fraction of sp³-hybridized carbons (Fsp3) is 0. The van der Waals surface area contributed by atoms with Crippen LogP contribution in [0, 0.1) is 5.82 Å². The Morgan fingerprint density at radius 2 is 1.40 bits per heavy atom. The summed E-state index contributed by atoms with van der Waals surface area (Å²) in [7, 11) is -4.34. The van der Waals surface area contributed by atoms with Gasteiger partial charge in [-0.3, -0.25) is 4.57 Å². The number of halogens is 1. The minimum atomic E-state index is -4.34. The molecule has 0 spiro atoms. The summed E-state index contributed by atoms with van der Waals surface area (Å²) in [6.45, 7) is 0. The van der Waals surface area contributed by atoms with Crippen LogP contribution in [0.4, 0.5) is 4.39 Å². The van der Waals surface area contributed by atoms with E-state index in [-0.39, 0.29) is 11.1 Å². The maximum absolute atomic E-state index is 13.9. The van der Waals surface area contributed by atoms with Crippen molar-refractivity contribution < 1.29 is 18.7 Å². The summed E-state index contributed by atoms with van der Waals surface area (Å²) in [6.07, 6.45) is 0. The maximum Gasteiger partial charge on any atom is 0.356 e. The highest BCUT2D eigenvalue weighted by Crippen LogP contribution is 2.36. The molecule has 4 nitrogen and oxygen atoms in total. The van der Waals surface area contributed by atoms with Crippen LogP contribution in [0.25, 0.3) is 38.6 Å². The number of rotatable bonds is 3. The highest BCUT2D eigenvalue weighted by molar-refractivity contribution is 7.60. The number of benzene rings is 4. The second-order valence-corrected chi connectivity index (χ2v) is 8.76. The normalized spacial score (nSPS) is 12.0. The molecule has 6 heteroatoms. The van der Waals surface area contributed by atoms with Crippen LogP contribution >= 0.6 is 7.60 Å². The molecule has 0 aliphatic heterocycles. The van der Waals surface area contributed by atoms with Crippen molar-refractivity contribution in [1.29, 1.82) is 0 Å². The lowest BCUT2D eigenvalue weighted by Gasteiger charge is -2.11. The van der Waals surface area contributed by atoms with Gasteiger partial charge in [0.05, 0.1) is 16.3 Å². The van der Waals surface area contributed by atoms with Gasteiger partial charge in [-0.25, -0.2) is 4.39 Å². The Balaban J connectivity index is 1.74. The van der Waals surface area contributed by atoms with E-state index in [1.807, 2.05) is 54.6 Å². The van der Waals surface area contributed by atoms with E-state index < -0.39 is 7.60 Å². The Morgan fingerprint density at radius 3 is 2.20 bits per heavy atom. The lowest BCUT2D eigenvalue weighted by atomic mass is 10.1. The van der Waals surface area contributed by atoms with Gasteiger partial charge in [0, 0.05) is 16.5 Å². The molecule has 0 aliphatic rings. The Labute approximate surface area is 172 Å². The number of nitrogens with zero attached hydrogens (tertiary/aromatic N) is 1. The minimum Gasteiger partial charge on any atom is -0.321 e. The van der Waals surface area contributed by atoms with Gasteiger partial charge in [-0.1, -0.05) is 42.5 Å². The van der Waals surface area contributed by atoms with Crippen molar-refractivity contribution in [3.05, 3.63) is 96.8 Å². The molecule has 0 aliphatic carbocycles. The van der Waals surface area contributed by atoms with E-state index in [1.165, 1.54) is 18.2 Å². The van der Waals surface area contributed by atoms with Crippen LogP contribution in [0.15, 0.2) is 91.0 Å². The Kier molecular flexibility index (Phi) is 4.33. The topological polar surface area (TPSA) is 62.5 Å². The summed E-state index contributed by atoms with van der Waals surface area (Å²) < 4.78 is 27.6. The standard InChI is InChI=1S/C24H17FNO3P/c25-18-11-12-24-22(15-18)21-9-1-2-10-23(21)26(24)19-7-3-5-16(13-19)17-6-4-8-20(14-17)30(27,28)29/h1-15H,(H2,27,28,29). The Morgan fingerprint density at radius 1 is 0.700 bits per heavy atom. The van der Waals surface area contributed by atoms with Crippen LogP contribution < -0.4 is 5.30 Å². The zero-order valence-electron chi connectivity index (χ0n) is 15.7. The molecule has 5 aromatic rings. The van der Waals surface area contributed by atoms with Gasteiger partial charge in [0.1, 0.15) is 5.82 Å². The highest BCUT2D eigenvalue weighted by Gasteiger charge is 2.18. The molecule has 1 aromatic heterocycles. The maximum atomic E-state index is 13.9. The van der Waals surface area contributed by atoms with Gasteiger partial charge in [-0.2, -0.15) is 0 Å². The molecule has 0 atom stereocenters. The number of aromatic nitrogens is 1. The van der Waals surface area contributed by atoms with Gasteiger partial charge in [-0.05, 0) is 59.7 Å². The molecule has 0 unspecified atom stereocenters. The molecule has 0 fully saturated rings. The summed E-state index contributed by atoms with van der Waals surface area (Å²) in [6, 6.07) is 26.7. The molecule has 0 amide bonds. The second-order valence-electron chi connectivity index (χ2n) is 7.16. The lowest BCUT2D eigenvalue weighted by Crippen LogP contribution is -2.03. The Bertz CT molecular complexity index is 1470. The monoisotopic (exact) mass is 417 g/mol. The third kappa shape index (κ3) is 3.14. The zero-order chi connectivity index (χ0) is 20.9. The predicted octanol–water partition coefficient (Wildman–Crippen LogP) is 5.39. The molecule has 1 heterocycles. The number of para-hydroxylation sites is 1. The van der Waals surface area contributed by atoms with Crippen molar-refractivity contribution in [2.24, 2.45) is 0 Å². The summed E-state index contributed by atoms with van der Waals surface area (Å²) in [4.78, 5) is 19.0. The third-order valence-corrected chi connectivity index (χ3v) is 6.21. The van der Waals surface area contributed by atoms with Gasteiger partial charge in [0.15, 0.2) is 0 Å². The van der Waals surface area contributed by atoms with Crippen LogP contribution in [-0.2, 0) is 4.57 Å². The summed E-state index contributed by atoms with van der Waals surface area (Å²) >= 11 is 0. The van der Waals surface area contributed by atoms with Crippen molar-refractivity contribution in [3.63, 3.8) is 0 Å². The largest absolute Gasteiger partial charge is 0.356 e. The average molecular weight is 417 g/mol. The van der Waals surface area contributed by atoms with E-state index in [2.05, 4.69) is 4.57 Å². The molecule has 2 N–H and O–H groups in total. The fourth-order valence-corrected chi connectivity index (χ4v) is 4.50. The van der Waals surface area contributed by atoms with E-state index in [0.717, 1.165) is 33.1 Å². The van der Waals surface area contributed by atoms with Gasteiger partial charge in [0.2, 0.25) is 0 Å². The van der Waals surface area contributed by atoms with Crippen LogP contribution in [0.1, 0.15) is 0 Å². The van der Waals surface area contributed by atoms with E-state index in [0.29, 0.717) is 5.56 Å². The van der Waals surface area contributed by atoms with Crippen molar-refractivity contribution >= 4 is 34.7 Å². The number of fused-ring (bicyclic) bond motifs is 3. The minimum absolute atomic E-state index is 0.0160. The van der Waals surface area contributed by atoms with Gasteiger partial charge in [0.25, 0.3) is 0 Å². The fourth-order valence-electron chi connectivity index (χ4n) is 3.91. The summed E-state index contributed by atoms with van der Waals surface area (Å²) in [5, 5.41) is 1.78. The lowest BCUT2D eigenvalue weighted by molar-refractivity contribution is 0.387. The molecule has 4 aromatic carbocycles. The first-order chi connectivity index (χ1) is 14.4. The molecular weight excluding hydrogens is 400 g/mol. The first-order valence-corrected chi connectivity index (χ1v) is 11.0. The first-order valence-electron chi connectivity index (χ1n) is 9.37. The second kappa shape index (κ2) is 6.92. The van der Waals surface area contributed by atoms with Crippen molar-refractivity contribution in [2.75, 3.05) is 0 Å². The Hall–Kier alpha value is -3.24. The van der Waals surface area contributed by atoms with Crippen LogP contribution in [0.5, 0.6) is 0 Å². The zero-order valence-corrected chi connectivity index (χ0v) is 16.6. The van der Waals surface area contributed by atoms with Gasteiger partial charge >= 0.3 is 7.60 Å². The summed E-state index contributed by atoms with van der Waals surface area (Å²) in [5.74, 6) is -0.284. The van der Waals surface area contributed by atoms with Gasteiger partial charge in [-0.15, -0.1) is 0 Å². The van der Waals surface area contributed by atoms with E-state index in [9.17, 15) is 18.7 Å². The number of hydrogen-bond acceptors (Lipinski definition) is 1. The van der Waals surface area contributed by atoms with Crippen LogP contribution in [0.3, 0.4) is 0 Å². The molecule has 30 heavy (non-hydrogen) atoms. The average Bonchev–Trinajstić information content (AvgIpc) is 3.07. The van der Waals surface area contributed by atoms with Crippen LogP contribution in [0.2, 0.25) is 0 Å². The third-order valence-electron chi connectivity index (χ3n) is 5.25. The molecule has 148 valence electrons. The molecule has 0 saturated heterocycles. The van der Waals surface area contributed by atoms with Crippen molar-refractivity contribution in [2.45, 2.75) is 0 Å². The van der Waals surface area contributed by atoms with Crippen LogP contribution in [-0.4, -0.2) is 14.4 Å². The first kappa shape index (κ1) is 18.8. The van der Waals surface area contributed by atoms with Crippen molar-refractivity contribution in [3.8, 4) is 16.8 Å². The highest BCUT2D eigenvalue weighted by atomic mass is 31.2. The molecule has 0 saturated carbocycles. The van der Waals surface area contributed by atoms with E-state index in [4.69, 9.17) is 0 Å². The quantitative estimate of drug-likeness (QED) is 0.387. The van der Waals surface area contributed by atoms with Gasteiger partial charge < -0.3 is 14.4 Å².